The lowest BCUT2D eigenvalue weighted by Gasteiger charge is -2.28. The van der Waals surface area contributed by atoms with E-state index in [1.807, 2.05) is 13.0 Å². The molecule has 0 spiro atoms. The molecule has 1 atom stereocenters. The fraction of sp³-hybridized carbons (Fsp3) is 0.636. The van der Waals surface area contributed by atoms with E-state index in [4.69, 9.17) is 4.42 Å². The lowest BCUT2D eigenvalue weighted by Crippen LogP contribution is -2.33. The molecule has 1 aromatic rings. The molecule has 0 aromatic carbocycles. The van der Waals surface area contributed by atoms with E-state index in [2.05, 4.69) is 11.8 Å². The van der Waals surface area contributed by atoms with Crippen LogP contribution in [0.4, 0.5) is 0 Å². The zero-order valence-electron chi connectivity index (χ0n) is 8.79. The molecule has 1 aromatic heterocycles. The maximum absolute atomic E-state index is 9.87. The smallest absolute Gasteiger partial charge is 0.123 e. The van der Waals surface area contributed by atoms with Crippen molar-refractivity contribution in [2.75, 3.05) is 13.1 Å². The highest BCUT2D eigenvalue weighted by Gasteiger charge is 2.26. The van der Waals surface area contributed by atoms with E-state index in [1.54, 1.807) is 0 Å². The van der Waals surface area contributed by atoms with Crippen LogP contribution in [0, 0.1) is 6.92 Å². The summed E-state index contributed by atoms with van der Waals surface area (Å²) in [4.78, 5) is 2.23. The van der Waals surface area contributed by atoms with Crippen molar-refractivity contribution < 1.29 is 9.52 Å². The molecule has 0 fully saturated rings. The molecule has 0 radical (unpaired) electrons. The van der Waals surface area contributed by atoms with E-state index in [-0.39, 0.29) is 6.10 Å². The van der Waals surface area contributed by atoms with Crippen LogP contribution in [0.2, 0.25) is 0 Å². The van der Waals surface area contributed by atoms with Gasteiger partial charge in [0.1, 0.15) is 11.5 Å². The Balaban J connectivity index is 2.19. The summed E-state index contributed by atoms with van der Waals surface area (Å²) in [5.41, 5.74) is 0.981. The quantitative estimate of drug-likeness (QED) is 0.782. The molecule has 0 amide bonds. The van der Waals surface area contributed by atoms with E-state index in [9.17, 15) is 5.11 Å². The Kier molecular flexibility index (Phi) is 2.61. The molecule has 78 valence electrons. The lowest BCUT2D eigenvalue weighted by molar-refractivity contribution is 0.0844. The van der Waals surface area contributed by atoms with Gasteiger partial charge in [-0.15, -0.1) is 0 Å². The highest BCUT2D eigenvalue weighted by molar-refractivity contribution is 5.26. The first-order valence-electron chi connectivity index (χ1n) is 5.20. The van der Waals surface area contributed by atoms with Crippen molar-refractivity contribution in [2.45, 2.75) is 32.9 Å². The molecule has 2 heterocycles. The van der Waals surface area contributed by atoms with Crippen LogP contribution in [0.25, 0.3) is 0 Å². The molecular weight excluding hydrogens is 178 g/mol. The zero-order chi connectivity index (χ0) is 10.1. The van der Waals surface area contributed by atoms with Gasteiger partial charge in [-0.2, -0.15) is 0 Å². The van der Waals surface area contributed by atoms with E-state index in [0.717, 1.165) is 43.1 Å². The van der Waals surface area contributed by atoms with Crippen molar-refractivity contribution in [2.24, 2.45) is 0 Å². The monoisotopic (exact) mass is 195 g/mol. The number of nitrogens with zero attached hydrogens (tertiary/aromatic N) is 1. The summed E-state index contributed by atoms with van der Waals surface area (Å²) in [7, 11) is 0. The van der Waals surface area contributed by atoms with Gasteiger partial charge in [-0.25, -0.2) is 0 Å². The summed E-state index contributed by atoms with van der Waals surface area (Å²) in [5.74, 6) is 1.84. The van der Waals surface area contributed by atoms with Crippen molar-refractivity contribution in [1.82, 2.24) is 4.90 Å². The third-order valence-corrected chi connectivity index (χ3v) is 2.66. The summed E-state index contributed by atoms with van der Waals surface area (Å²) in [5, 5.41) is 9.87. The predicted octanol–water partition coefficient (Wildman–Crippen LogP) is 1.85. The van der Waals surface area contributed by atoms with Crippen molar-refractivity contribution in [3.63, 3.8) is 0 Å². The van der Waals surface area contributed by atoms with Crippen LogP contribution < -0.4 is 0 Å². The zero-order valence-corrected chi connectivity index (χ0v) is 8.79. The number of aryl methyl sites for hydroxylation is 1. The molecule has 0 bridgehead atoms. The van der Waals surface area contributed by atoms with Gasteiger partial charge < -0.3 is 9.52 Å². The Morgan fingerprint density at radius 1 is 1.64 bits per heavy atom. The first kappa shape index (κ1) is 9.74. The minimum absolute atomic E-state index is 0.372. The highest BCUT2D eigenvalue weighted by Crippen LogP contribution is 2.28. The fourth-order valence-electron chi connectivity index (χ4n) is 2.08. The van der Waals surface area contributed by atoms with E-state index < -0.39 is 0 Å². The Labute approximate surface area is 84.3 Å². The van der Waals surface area contributed by atoms with Crippen LogP contribution in [0.1, 0.15) is 36.5 Å². The second kappa shape index (κ2) is 3.75. The number of β-amino-alcohol motifs (C(OH)–C–C–N with tert-alkyl or cyclic N) is 1. The van der Waals surface area contributed by atoms with Crippen molar-refractivity contribution >= 4 is 0 Å². The van der Waals surface area contributed by atoms with Gasteiger partial charge in [-0.3, -0.25) is 4.90 Å². The van der Waals surface area contributed by atoms with Crippen molar-refractivity contribution in [1.29, 1.82) is 0 Å². The topological polar surface area (TPSA) is 36.6 Å². The van der Waals surface area contributed by atoms with E-state index in [1.165, 1.54) is 0 Å². The van der Waals surface area contributed by atoms with Gasteiger partial charge in [0.25, 0.3) is 0 Å². The van der Waals surface area contributed by atoms with Gasteiger partial charge >= 0.3 is 0 Å². The molecular formula is C11H17NO2. The van der Waals surface area contributed by atoms with Crippen LogP contribution in [0.5, 0.6) is 0 Å². The summed E-state index contributed by atoms with van der Waals surface area (Å²) in [6.45, 7) is 6.68. The summed E-state index contributed by atoms with van der Waals surface area (Å²) in [6.07, 6.45) is 0.740. The largest absolute Gasteiger partial charge is 0.465 e. The molecule has 3 nitrogen and oxygen atoms in total. The lowest BCUT2D eigenvalue weighted by atomic mass is 10.0. The SMILES string of the molecule is CCCN1Cc2oc(C)cc2C(O)C1. The maximum atomic E-state index is 9.87. The van der Waals surface area contributed by atoms with Gasteiger partial charge in [-0.05, 0) is 26.0 Å². The number of furan rings is 1. The standard InChI is InChI=1S/C11H17NO2/c1-3-4-12-6-10(13)9-5-8(2)14-11(9)7-12/h5,10,13H,3-4,6-7H2,1-2H3. The van der Waals surface area contributed by atoms with E-state index in [0.29, 0.717) is 0 Å². The Bertz CT molecular complexity index is 319. The molecule has 2 rings (SSSR count). The average Bonchev–Trinajstić information content (AvgIpc) is 2.47. The first-order valence-corrected chi connectivity index (χ1v) is 5.20. The normalized spacial score (nSPS) is 22.4. The minimum atomic E-state index is -0.372. The van der Waals surface area contributed by atoms with Crippen LogP contribution in [0.15, 0.2) is 10.5 Å². The summed E-state index contributed by atoms with van der Waals surface area (Å²) < 4.78 is 5.55. The van der Waals surface area contributed by atoms with Crippen molar-refractivity contribution in [3.8, 4) is 0 Å². The molecule has 0 saturated carbocycles. The Morgan fingerprint density at radius 3 is 3.14 bits per heavy atom. The molecule has 0 saturated heterocycles. The second-order valence-electron chi connectivity index (χ2n) is 3.99. The number of hydrogen-bond donors (Lipinski definition) is 1. The highest BCUT2D eigenvalue weighted by atomic mass is 16.3. The molecule has 1 aliphatic heterocycles. The van der Waals surface area contributed by atoms with Gasteiger partial charge in [0.05, 0.1) is 12.6 Å². The number of hydrogen-bond acceptors (Lipinski definition) is 3. The summed E-state index contributed by atoms with van der Waals surface area (Å²) >= 11 is 0. The summed E-state index contributed by atoms with van der Waals surface area (Å²) in [6, 6.07) is 1.95. The van der Waals surface area contributed by atoms with E-state index >= 15 is 0 Å². The molecule has 1 N–H and O–H groups in total. The van der Waals surface area contributed by atoms with Gasteiger partial charge in [0.2, 0.25) is 0 Å². The molecule has 3 heteroatoms. The number of aliphatic hydroxyl groups is 1. The molecule has 0 aliphatic carbocycles. The molecule has 1 aliphatic rings. The van der Waals surface area contributed by atoms with Gasteiger partial charge in [0, 0.05) is 12.1 Å². The van der Waals surface area contributed by atoms with Gasteiger partial charge in [0.15, 0.2) is 0 Å². The maximum Gasteiger partial charge on any atom is 0.123 e. The Morgan fingerprint density at radius 2 is 2.43 bits per heavy atom. The Hall–Kier alpha value is -0.800. The van der Waals surface area contributed by atoms with Crippen LogP contribution in [-0.4, -0.2) is 23.1 Å². The average molecular weight is 195 g/mol. The first-order chi connectivity index (χ1) is 6.70. The number of rotatable bonds is 2. The molecule has 14 heavy (non-hydrogen) atoms. The third-order valence-electron chi connectivity index (χ3n) is 2.66. The second-order valence-corrected chi connectivity index (χ2v) is 3.99. The number of fused-ring (bicyclic) bond motifs is 1. The number of aliphatic hydroxyl groups excluding tert-OH is 1. The third kappa shape index (κ3) is 1.70. The minimum Gasteiger partial charge on any atom is -0.465 e. The molecule has 1 unspecified atom stereocenters. The van der Waals surface area contributed by atoms with Crippen LogP contribution >= 0.6 is 0 Å². The van der Waals surface area contributed by atoms with Gasteiger partial charge in [-0.1, -0.05) is 6.92 Å². The predicted molar refractivity (Wildman–Crippen MR) is 54.0 cm³/mol. The van der Waals surface area contributed by atoms with Crippen molar-refractivity contribution in [3.05, 3.63) is 23.2 Å². The fourth-order valence-corrected chi connectivity index (χ4v) is 2.08. The van der Waals surface area contributed by atoms with Crippen LogP contribution in [-0.2, 0) is 6.54 Å². The van der Waals surface area contributed by atoms with Crippen LogP contribution in [0.3, 0.4) is 0 Å².